The summed E-state index contributed by atoms with van der Waals surface area (Å²) in [6.07, 6.45) is 2.36. The van der Waals surface area contributed by atoms with Crippen LogP contribution in [0.4, 0.5) is 13.2 Å². The third-order valence-corrected chi connectivity index (χ3v) is 4.22. The molecule has 96 valence electrons. The van der Waals surface area contributed by atoms with Crippen LogP contribution in [-0.2, 0) is 0 Å². The van der Waals surface area contributed by atoms with Crippen molar-refractivity contribution < 1.29 is 13.2 Å². The number of hydrogen-bond acceptors (Lipinski definition) is 2. The maximum absolute atomic E-state index is 11.9. The standard InChI is InChI=1S/C11H20F3NS/c1-16-10-6-3-2-5-9(10)15-8-4-7-11(12,13)14/h9-10,15H,2-8H2,1H3. The molecule has 1 aliphatic carbocycles. The lowest BCUT2D eigenvalue weighted by molar-refractivity contribution is -0.135. The molecular weight excluding hydrogens is 235 g/mol. The van der Waals surface area contributed by atoms with E-state index >= 15 is 0 Å². The number of nitrogens with one attached hydrogen (secondary N) is 1. The molecule has 2 atom stereocenters. The maximum atomic E-state index is 11.9. The molecule has 1 rings (SSSR count). The van der Waals surface area contributed by atoms with Crippen LogP contribution in [0.2, 0.25) is 0 Å². The average Bonchev–Trinajstić information content (AvgIpc) is 2.23. The smallest absolute Gasteiger partial charge is 0.313 e. The minimum atomic E-state index is -4.01. The van der Waals surface area contributed by atoms with Crippen LogP contribution in [0.25, 0.3) is 0 Å². The zero-order valence-corrected chi connectivity index (χ0v) is 10.5. The number of rotatable bonds is 5. The Kier molecular flexibility index (Phi) is 5.97. The summed E-state index contributed by atoms with van der Waals surface area (Å²) in [5, 5.41) is 3.86. The van der Waals surface area contributed by atoms with Crippen LogP contribution >= 0.6 is 11.8 Å². The van der Waals surface area contributed by atoms with Crippen LogP contribution in [-0.4, -0.2) is 30.3 Å². The lowest BCUT2D eigenvalue weighted by Crippen LogP contribution is -2.41. The van der Waals surface area contributed by atoms with Crippen molar-refractivity contribution in [3.05, 3.63) is 0 Å². The van der Waals surface area contributed by atoms with Crippen LogP contribution in [0.15, 0.2) is 0 Å². The van der Waals surface area contributed by atoms with Gasteiger partial charge in [0, 0.05) is 17.7 Å². The molecule has 0 aliphatic heterocycles. The Bertz CT molecular complexity index is 196. The summed E-state index contributed by atoms with van der Waals surface area (Å²) in [6.45, 7) is 0.487. The first-order chi connectivity index (χ1) is 7.53. The van der Waals surface area contributed by atoms with Crippen molar-refractivity contribution in [2.24, 2.45) is 0 Å². The highest BCUT2D eigenvalue weighted by atomic mass is 32.2. The van der Waals surface area contributed by atoms with Gasteiger partial charge in [-0.1, -0.05) is 12.8 Å². The van der Waals surface area contributed by atoms with Crippen molar-refractivity contribution in [2.45, 2.75) is 56.0 Å². The van der Waals surface area contributed by atoms with E-state index in [0.29, 0.717) is 17.8 Å². The summed E-state index contributed by atoms with van der Waals surface area (Å²) >= 11 is 1.83. The molecule has 16 heavy (non-hydrogen) atoms. The summed E-state index contributed by atoms with van der Waals surface area (Å²) in [4.78, 5) is 0. The fraction of sp³-hybridized carbons (Fsp3) is 1.00. The summed E-state index contributed by atoms with van der Waals surface area (Å²) in [5.74, 6) is 0. The van der Waals surface area contributed by atoms with E-state index in [0.717, 1.165) is 6.42 Å². The molecular formula is C11H20F3NS. The van der Waals surface area contributed by atoms with Gasteiger partial charge in [-0.3, -0.25) is 0 Å². The van der Waals surface area contributed by atoms with Gasteiger partial charge in [-0.2, -0.15) is 24.9 Å². The van der Waals surface area contributed by atoms with E-state index < -0.39 is 12.6 Å². The first-order valence-electron chi connectivity index (χ1n) is 5.86. The lowest BCUT2D eigenvalue weighted by atomic mass is 9.95. The maximum Gasteiger partial charge on any atom is 0.389 e. The summed E-state index contributed by atoms with van der Waals surface area (Å²) in [6, 6.07) is 0.414. The van der Waals surface area contributed by atoms with E-state index in [-0.39, 0.29) is 6.42 Å². The number of thioether (sulfide) groups is 1. The minimum Gasteiger partial charge on any atom is -0.313 e. The molecule has 1 nitrogen and oxygen atoms in total. The fourth-order valence-corrected chi connectivity index (χ4v) is 3.15. The van der Waals surface area contributed by atoms with Gasteiger partial charge in [0.2, 0.25) is 0 Å². The normalized spacial score (nSPS) is 27.0. The Morgan fingerprint density at radius 1 is 1.25 bits per heavy atom. The number of halogens is 3. The van der Waals surface area contributed by atoms with Gasteiger partial charge in [0.15, 0.2) is 0 Å². The molecule has 1 fully saturated rings. The molecule has 0 heterocycles. The third-order valence-electron chi connectivity index (χ3n) is 3.05. The Labute approximate surface area is 99.6 Å². The summed E-state index contributed by atoms with van der Waals surface area (Å²) in [7, 11) is 0. The molecule has 2 unspecified atom stereocenters. The highest BCUT2D eigenvalue weighted by Gasteiger charge is 2.27. The number of alkyl halides is 3. The van der Waals surface area contributed by atoms with Crippen molar-refractivity contribution in [3.63, 3.8) is 0 Å². The topological polar surface area (TPSA) is 12.0 Å². The minimum absolute atomic E-state index is 0.196. The summed E-state index contributed by atoms with van der Waals surface area (Å²) in [5.41, 5.74) is 0. The highest BCUT2D eigenvalue weighted by molar-refractivity contribution is 7.99. The molecule has 0 spiro atoms. The molecule has 1 saturated carbocycles. The van der Waals surface area contributed by atoms with E-state index in [9.17, 15) is 13.2 Å². The van der Waals surface area contributed by atoms with E-state index in [1.807, 2.05) is 11.8 Å². The number of hydrogen-bond donors (Lipinski definition) is 1. The molecule has 5 heteroatoms. The van der Waals surface area contributed by atoms with Gasteiger partial charge in [-0.15, -0.1) is 0 Å². The van der Waals surface area contributed by atoms with Gasteiger partial charge in [0.05, 0.1) is 0 Å². The SMILES string of the molecule is CSC1CCCCC1NCCCC(F)(F)F. The zero-order valence-electron chi connectivity index (χ0n) is 9.65. The lowest BCUT2D eigenvalue weighted by Gasteiger charge is -2.31. The molecule has 1 N–H and O–H groups in total. The van der Waals surface area contributed by atoms with Crippen LogP contribution < -0.4 is 5.32 Å². The predicted octanol–water partition coefficient (Wildman–Crippen LogP) is 3.59. The summed E-state index contributed by atoms with van der Waals surface area (Å²) < 4.78 is 35.8. The second-order valence-electron chi connectivity index (χ2n) is 4.34. The third kappa shape index (κ3) is 5.43. The first-order valence-corrected chi connectivity index (χ1v) is 7.14. The van der Waals surface area contributed by atoms with Crippen molar-refractivity contribution in [1.82, 2.24) is 5.32 Å². The van der Waals surface area contributed by atoms with Crippen molar-refractivity contribution in [2.75, 3.05) is 12.8 Å². The molecule has 0 radical (unpaired) electrons. The van der Waals surface area contributed by atoms with Gasteiger partial charge >= 0.3 is 6.18 Å². The van der Waals surface area contributed by atoms with Crippen molar-refractivity contribution >= 4 is 11.8 Å². The van der Waals surface area contributed by atoms with E-state index in [1.54, 1.807) is 0 Å². The molecule has 0 aromatic carbocycles. The second kappa shape index (κ2) is 6.74. The van der Waals surface area contributed by atoms with E-state index in [1.165, 1.54) is 19.3 Å². The average molecular weight is 255 g/mol. The zero-order chi connectivity index (χ0) is 12.0. The van der Waals surface area contributed by atoms with Gasteiger partial charge in [0.1, 0.15) is 0 Å². The Balaban J connectivity index is 2.15. The van der Waals surface area contributed by atoms with Crippen LogP contribution in [0.1, 0.15) is 38.5 Å². The van der Waals surface area contributed by atoms with Gasteiger partial charge in [-0.05, 0) is 32.1 Å². The predicted molar refractivity (Wildman–Crippen MR) is 62.9 cm³/mol. The molecule has 0 bridgehead atoms. The Morgan fingerprint density at radius 2 is 1.94 bits per heavy atom. The molecule has 0 amide bonds. The molecule has 0 aromatic heterocycles. The fourth-order valence-electron chi connectivity index (χ4n) is 2.19. The van der Waals surface area contributed by atoms with Crippen LogP contribution in [0.3, 0.4) is 0 Å². The van der Waals surface area contributed by atoms with Gasteiger partial charge < -0.3 is 5.32 Å². The monoisotopic (exact) mass is 255 g/mol. The van der Waals surface area contributed by atoms with Crippen molar-refractivity contribution in [1.29, 1.82) is 0 Å². The molecule has 1 aliphatic rings. The van der Waals surface area contributed by atoms with Crippen LogP contribution in [0, 0.1) is 0 Å². The largest absolute Gasteiger partial charge is 0.389 e. The Hall–Kier alpha value is 0.100. The van der Waals surface area contributed by atoms with E-state index in [2.05, 4.69) is 11.6 Å². The Morgan fingerprint density at radius 3 is 2.56 bits per heavy atom. The molecule has 0 saturated heterocycles. The highest BCUT2D eigenvalue weighted by Crippen LogP contribution is 2.27. The van der Waals surface area contributed by atoms with Gasteiger partial charge in [-0.25, -0.2) is 0 Å². The van der Waals surface area contributed by atoms with Gasteiger partial charge in [0.25, 0.3) is 0 Å². The molecule has 0 aromatic rings. The quantitative estimate of drug-likeness (QED) is 0.753. The van der Waals surface area contributed by atoms with Crippen molar-refractivity contribution in [3.8, 4) is 0 Å². The first kappa shape index (κ1) is 14.2. The second-order valence-corrected chi connectivity index (χ2v) is 5.41. The van der Waals surface area contributed by atoms with Crippen LogP contribution in [0.5, 0.6) is 0 Å². The van der Waals surface area contributed by atoms with E-state index in [4.69, 9.17) is 0 Å².